The predicted molar refractivity (Wildman–Crippen MR) is 73.2 cm³/mol. The number of nitrogens with zero attached hydrogens (tertiary/aromatic N) is 1. The summed E-state index contributed by atoms with van der Waals surface area (Å²) < 4.78 is 0. The van der Waals surface area contributed by atoms with Gasteiger partial charge in [-0.15, -0.1) is 0 Å². The van der Waals surface area contributed by atoms with Crippen molar-refractivity contribution >= 4 is 17.7 Å². The van der Waals surface area contributed by atoms with Gasteiger partial charge in [0.25, 0.3) is 0 Å². The van der Waals surface area contributed by atoms with Gasteiger partial charge in [0.2, 0.25) is 0 Å². The Morgan fingerprint density at radius 2 is 2.37 bits per heavy atom. The molecule has 0 saturated heterocycles. The summed E-state index contributed by atoms with van der Waals surface area (Å²) in [4.78, 5) is 19.0. The number of carbonyl (C=O) groups is 1. The lowest BCUT2D eigenvalue weighted by molar-refractivity contribution is -0.146. The first-order chi connectivity index (χ1) is 9.18. The molecule has 19 heavy (non-hydrogen) atoms. The van der Waals surface area contributed by atoms with Crippen LogP contribution in [0.3, 0.4) is 0 Å². The average Bonchev–Trinajstić information content (AvgIpc) is 3.03. The van der Waals surface area contributed by atoms with Gasteiger partial charge in [0.1, 0.15) is 5.54 Å². The molecule has 1 heterocycles. The van der Waals surface area contributed by atoms with Crippen LogP contribution in [0.2, 0.25) is 0 Å². The molecule has 2 aliphatic rings. The first-order valence-corrected chi connectivity index (χ1v) is 7.73. The number of H-pyrrole nitrogens is 1. The van der Waals surface area contributed by atoms with Crippen molar-refractivity contribution in [1.82, 2.24) is 15.3 Å². The minimum absolute atomic E-state index is 0.322. The smallest absolute Gasteiger partial charge is 0.323 e. The molecule has 5 nitrogen and oxygen atoms in total. The van der Waals surface area contributed by atoms with E-state index >= 15 is 0 Å². The van der Waals surface area contributed by atoms with Crippen LogP contribution in [0.4, 0.5) is 0 Å². The Bertz CT molecular complexity index is 447. The molecule has 0 radical (unpaired) electrons. The maximum absolute atomic E-state index is 11.7. The number of carboxylic acids is 1. The fraction of sp³-hybridized carbons (Fsp3) is 0.692. The van der Waals surface area contributed by atoms with Crippen LogP contribution in [-0.4, -0.2) is 37.9 Å². The molecule has 6 heteroatoms. The van der Waals surface area contributed by atoms with Crippen molar-refractivity contribution in [3.8, 4) is 0 Å². The summed E-state index contributed by atoms with van der Waals surface area (Å²) in [6.07, 6.45) is 9.22. The van der Waals surface area contributed by atoms with E-state index in [1.807, 2.05) is 0 Å². The quantitative estimate of drug-likeness (QED) is 0.769. The van der Waals surface area contributed by atoms with Crippen LogP contribution >= 0.6 is 11.8 Å². The summed E-state index contributed by atoms with van der Waals surface area (Å²) in [6, 6.07) is 0.420. The molecule has 0 bridgehead atoms. The molecule has 2 saturated carbocycles. The molecule has 0 amide bonds. The van der Waals surface area contributed by atoms with E-state index in [0.717, 1.165) is 37.3 Å². The highest BCUT2D eigenvalue weighted by Crippen LogP contribution is 2.39. The Kier molecular flexibility index (Phi) is 3.54. The molecular weight excluding hydrogens is 262 g/mol. The van der Waals surface area contributed by atoms with Gasteiger partial charge in [-0.25, -0.2) is 4.98 Å². The highest BCUT2D eigenvalue weighted by molar-refractivity contribution is 7.99. The number of rotatable bonds is 5. The van der Waals surface area contributed by atoms with Crippen LogP contribution in [-0.2, 0) is 4.79 Å². The third-order valence-electron chi connectivity index (χ3n) is 3.92. The van der Waals surface area contributed by atoms with E-state index in [0.29, 0.717) is 17.7 Å². The molecular formula is C13H19N3O2S. The SMILES string of the molecule is O=C(O)C1(NC2CC2)CCCC(Sc2ncc[nH]2)C1. The van der Waals surface area contributed by atoms with Crippen molar-refractivity contribution < 1.29 is 9.90 Å². The van der Waals surface area contributed by atoms with Gasteiger partial charge in [0.15, 0.2) is 5.16 Å². The maximum Gasteiger partial charge on any atom is 0.323 e. The standard InChI is InChI=1S/C13H19N3O2S/c17-11(18)13(16-9-3-4-9)5-1-2-10(8-13)19-12-14-6-7-15-12/h6-7,9-10,16H,1-5,8H2,(H,14,15)(H,17,18). The van der Waals surface area contributed by atoms with Gasteiger partial charge >= 0.3 is 5.97 Å². The second kappa shape index (κ2) is 5.17. The van der Waals surface area contributed by atoms with Gasteiger partial charge < -0.3 is 10.1 Å². The first kappa shape index (κ1) is 13.0. The Labute approximate surface area is 116 Å². The van der Waals surface area contributed by atoms with Gasteiger partial charge in [-0.05, 0) is 38.5 Å². The number of nitrogens with one attached hydrogen (secondary N) is 2. The van der Waals surface area contributed by atoms with Crippen LogP contribution in [0.15, 0.2) is 17.6 Å². The Hall–Kier alpha value is -1.01. The highest BCUT2D eigenvalue weighted by atomic mass is 32.2. The Morgan fingerprint density at radius 3 is 3.00 bits per heavy atom. The predicted octanol–water partition coefficient (Wildman–Crippen LogP) is 2.02. The zero-order chi connectivity index (χ0) is 13.3. The van der Waals surface area contributed by atoms with Crippen molar-refractivity contribution in [1.29, 1.82) is 0 Å². The molecule has 104 valence electrons. The molecule has 0 spiro atoms. The largest absolute Gasteiger partial charge is 0.480 e. The monoisotopic (exact) mass is 281 g/mol. The minimum Gasteiger partial charge on any atom is -0.480 e. The highest BCUT2D eigenvalue weighted by Gasteiger charge is 2.46. The van der Waals surface area contributed by atoms with E-state index in [4.69, 9.17) is 0 Å². The Morgan fingerprint density at radius 1 is 1.53 bits per heavy atom. The molecule has 1 aromatic rings. The summed E-state index contributed by atoms with van der Waals surface area (Å²) in [7, 11) is 0. The van der Waals surface area contributed by atoms with E-state index in [1.165, 1.54) is 0 Å². The number of thioether (sulfide) groups is 1. The number of aromatic amines is 1. The van der Waals surface area contributed by atoms with E-state index in [1.54, 1.807) is 24.2 Å². The number of hydrogen-bond acceptors (Lipinski definition) is 4. The lowest BCUT2D eigenvalue weighted by Gasteiger charge is -2.38. The fourth-order valence-electron chi connectivity index (χ4n) is 2.80. The maximum atomic E-state index is 11.7. The van der Waals surface area contributed by atoms with Crippen molar-refractivity contribution in [3.63, 3.8) is 0 Å². The summed E-state index contributed by atoms with van der Waals surface area (Å²) in [5.74, 6) is -0.691. The third kappa shape index (κ3) is 2.95. The second-order valence-electron chi connectivity index (χ2n) is 5.54. The number of carboxylic acid groups (broad SMARTS) is 1. The number of aromatic nitrogens is 2. The van der Waals surface area contributed by atoms with E-state index in [9.17, 15) is 9.90 Å². The molecule has 0 aromatic carbocycles. The lowest BCUT2D eigenvalue weighted by Crippen LogP contribution is -2.56. The summed E-state index contributed by atoms with van der Waals surface area (Å²) in [5, 5.41) is 14.2. The average molecular weight is 281 g/mol. The van der Waals surface area contributed by atoms with Gasteiger partial charge in [-0.3, -0.25) is 10.1 Å². The lowest BCUT2D eigenvalue weighted by atomic mass is 9.81. The van der Waals surface area contributed by atoms with Crippen LogP contribution in [0.25, 0.3) is 0 Å². The molecule has 2 aliphatic carbocycles. The van der Waals surface area contributed by atoms with Crippen molar-refractivity contribution in [2.75, 3.05) is 0 Å². The topological polar surface area (TPSA) is 78.0 Å². The summed E-state index contributed by atoms with van der Waals surface area (Å²) in [5.41, 5.74) is -0.719. The molecule has 2 atom stereocenters. The molecule has 3 rings (SSSR count). The summed E-state index contributed by atoms with van der Waals surface area (Å²) in [6.45, 7) is 0. The number of hydrogen-bond donors (Lipinski definition) is 3. The van der Waals surface area contributed by atoms with Gasteiger partial charge in [0.05, 0.1) is 0 Å². The first-order valence-electron chi connectivity index (χ1n) is 6.85. The molecule has 0 aliphatic heterocycles. The zero-order valence-corrected chi connectivity index (χ0v) is 11.6. The number of aliphatic carboxylic acids is 1. The summed E-state index contributed by atoms with van der Waals surface area (Å²) >= 11 is 1.67. The second-order valence-corrected chi connectivity index (χ2v) is 6.83. The third-order valence-corrected chi connectivity index (χ3v) is 5.11. The Balaban J connectivity index is 1.68. The van der Waals surface area contributed by atoms with Gasteiger partial charge in [-0.2, -0.15) is 0 Å². The van der Waals surface area contributed by atoms with Crippen LogP contribution in [0.5, 0.6) is 0 Å². The van der Waals surface area contributed by atoms with Crippen LogP contribution < -0.4 is 5.32 Å². The fourth-order valence-corrected chi connectivity index (χ4v) is 4.03. The van der Waals surface area contributed by atoms with Crippen LogP contribution in [0, 0.1) is 0 Å². The zero-order valence-electron chi connectivity index (χ0n) is 10.8. The molecule has 2 fully saturated rings. The number of imidazole rings is 1. The molecule has 1 aromatic heterocycles. The van der Waals surface area contributed by atoms with Crippen molar-refractivity contribution in [3.05, 3.63) is 12.4 Å². The van der Waals surface area contributed by atoms with E-state index in [-0.39, 0.29) is 0 Å². The molecule has 2 unspecified atom stereocenters. The van der Waals surface area contributed by atoms with E-state index in [2.05, 4.69) is 15.3 Å². The van der Waals surface area contributed by atoms with Gasteiger partial charge in [0, 0.05) is 23.7 Å². The normalized spacial score (nSPS) is 31.3. The van der Waals surface area contributed by atoms with E-state index < -0.39 is 11.5 Å². The van der Waals surface area contributed by atoms with Crippen molar-refractivity contribution in [2.45, 2.75) is 60.5 Å². The molecule has 3 N–H and O–H groups in total. The van der Waals surface area contributed by atoms with Crippen molar-refractivity contribution in [2.24, 2.45) is 0 Å². The van der Waals surface area contributed by atoms with Gasteiger partial charge in [-0.1, -0.05) is 11.8 Å². The minimum atomic E-state index is -0.719. The van der Waals surface area contributed by atoms with Crippen LogP contribution in [0.1, 0.15) is 38.5 Å².